The molecule has 190 valence electrons. The Kier molecular flexibility index (Phi) is 7.18. The van der Waals surface area contributed by atoms with E-state index in [0.29, 0.717) is 18.0 Å². The molecule has 8 nitrogen and oxygen atoms in total. The van der Waals surface area contributed by atoms with Gasteiger partial charge in [0.15, 0.2) is 0 Å². The minimum absolute atomic E-state index is 0.269. The van der Waals surface area contributed by atoms with E-state index in [9.17, 15) is 0 Å². The van der Waals surface area contributed by atoms with Crippen molar-refractivity contribution in [1.82, 2.24) is 24.7 Å². The van der Waals surface area contributed by atoms with Crippen LogP contribution < -0.4 is 14.4 Å². The molecule has 0 unspecified atom stereocenters. The second-order valence-corrected chi connectivity index (χ2v) is 8.93. The maximum Gasteiger partial charge on any atom is 0.124 e. The number of fused-ring (bicyclic) bond motifs is 1. The van der Waals surface area contributed by atoms with Gasteiger partial charge in [-0.05, 0) is 44.2 Å². The fourth-order valence-corrected chi connectivity index (χ4v) is 4.00. The van der Waals surface area contributed by atoms with Crippen LogP contribution in [0, 0.1) is 11.8 Å². The summed E-state index contributed by atoms with van der Waals surface area (Å²) in [5, 5.41) is 4.45. The number of methoxy groups -OCH3 is 2. The highest BCUT2D eigenvalue weighted by molar-refractivity contribution is 5.83. The van der Waals surface area contributed by atoms with E-state index < -0.39 is 0 Å². The summed E-state index contributed by atoms with van der Waals surface area (Å²) in [6.45, 7) is 4.61. The summed E-state index contributed by atoms with van der Waals surface area (Å²) in [4.78, 5) is 15.7. The molecule has 3 aromatic heterocycles. The van der Waals surface area contributed by atoms with Crippen molar-refractivity contribution in [2.24, 2.45) is 0 Å². The van der Waals surface area contributed by atoms with Crippen LogP contribution in [0.25, 0.3) is 22.3 Å². The number of anilines is 2. The van der Waals surface area contributed by atoms with Crippen molar-refractivity contribution in [3.05, 3.63) is 85.1 Å². The third kappa shape index (κ3) is 5.42. The standard InChI is InChI=1S/C30H28N6O2/c1-21(2)36-20-23(18-33-36)30-19-32-28-8-7-24(16-29(28)34-30)35(13-5-6-22-9-11-31-12-10-22)25-14-26(37-3)17-27(15-25)38-4/h7-12,14-21H,13H2,1-4H3. The zero-order valence-corrected chi connectivity index (χ0v) is 21.8. The van der Waals surface area contributed by atoms with Crippen molar-refractivity contribution < 1.29 is 9.47 Å². The van der Waals surface area contributed by atoms with Crippen LogP contribution in [0.3, 0.4) is 0 Å². The Morgan fingerprint density at radius 3 is 2.34 bits per heavy atom. The lowest BCUT2D eigenvalue weighted by Crippen LogP contribution is -2.17. The van der Waals surface area contributed by atoms with Gasteiger partial charge in [-0.25, -0.2) is 4.98 Å². The monoisotopic (exact) mass is 504 g/mol. The molecular formula is C30H28N6O2. The van der Waals surface area contributed by atoms with Gasteiger partial charge < -0.3 is 14.4 Å². The molecule has 0 amide bonds. The second-order valence-electron chi connectivity index (χ2n) is 8.93. The second kappa shape index (κ2) is 11.0. The largest absolute Gasteiger partial charge is 0.497 e. The highest BCUT2D eigenvalue weighted by Gasteiger charge is 2.14. The van der Waals surface area contributed by atoms with Gasteiger partial charge in [-0.1, -0.05) is 11.8 Å². The van der Waals surface area contributed by atoms with Crippen LogP contribution in [0.1, 0.15) is 25.5 Å². The van der Waals surface area contributed by atoms with Crippen molar-refractivity contribution in [3.63, 3.8) is 0 Å². The summed E-state index contributed by atoms with van der Waals surface area (Å²) in [5.41, 5.74) is 5.98. The predicted molar refractivity (Wildman–Crippen MR) is 149 cm³/mol. The van der Waals surface area contributed by atoms with E-state index in [0.717, 1.165) is 39.2 Å². The molecule has 5 aromatic rings. The van der Waals surface area contributed by atoms with Gasteiger partial charge in [-0.15, -0.1) is 0 Å². The summed E-state index contributed by atoms with van der Waals surface area (Å²) in [6, 6.07) is 15.8. The van der Waals surface area contributed by atoms with Gasteiger partial charge in [0.2, 0.25) is 0 Å². The lowest BCUT2D eigenvalue weighted by atomic mass is 10.2. The quantitative estimate of drug-likeness (QED) is 0.264. The molecule has 0 N–H and O–H groups in total. The van der Waals surface area contributed by atoms with Crippen molar-refractivity contribution in [2.45, 2.75) is 19.9 Å². The predicted octanol–water partition coefficient (Wildman–Crippen LogP) is 5.68. The first kappa shape index (κ1) is 24.8. The minimum atomic E-state index is 0.269. The van der Waals surface area contributed by atoms with Gasteiger partial charge in [-0.2, -0.15) is 5.10 Å². The molecule has 3 heterocycles. The van der Waals surface area contributed by atoms with Crippen LogP contribution in [0.4, 0.5) is 11.4 Å². The minimum Gasteiger partial charge on any atom is -0.497 e. The maximum absolute atomic E-state index is 5.53. The fourth-order valence-electron chi connectivity index (χ4n) is 4.00. The molecule has 0 saturated carbocycles. The third-order valence-electron chi connectivity index (χ3n) is 6.06. The van der Waals surface area contributed by atoms with Crippen LogP contribution in [0.5, 0.6) is 11.5 Å². The molecular weight excluding hydrogens is 476 g/mol. The SMILES string of the molecule is COc1cc(OC)cc(N(CC#Cc2ccncc2)c2ccc3ncc(-c4cnn(C(C)C)c4)nc3c2)c1. The Bertz CT molecular complexity index is 1600. The molecule has 38 heavy (non-hydrogen) atoms. The van der Waals surface area contributed by atoms with Gasteiger partial charge in [0.05, 0.1) is 49.9 Å². The number of rotatable bonds is 7. The molecule has 0 bridgehead atoms. The van der Waals surface area contributed by atoms with E-state index in [1.807, 2.05) is 65.6 Å². The summed E-state index contributed by atoms with van der Waals surface area (Å²) in [6.07, 6.45) is 9.07. The van der Waals surface area contributed by atoms with E-state index in [-0.39, 0.29) is 6.04 Å². The number of hydrogen-bond acceptors (Lipinski definition) is 7. The normalized spacial score (nSPS) is 10.8. The molecule has 0 aliphatic rings. The Balaban J connectivity index is 1.56. The van der Waals surface area contributed by atoms with Gasteiger partial charge in [-0.3, -0.25) is 14.6 Å². The molecule has 0 radical (unpaired) electrons. The van der Waals surface area contributed by atoms with Crippen molar-refractivity contribution in [3.8, 4) is 34.6 Å². The smallest absolute Gasteiger partial charge is 0.124 e. The Hall–Kier alpha value is -4.90. The van der Waals surface area contributed by atoms with Crippen LogP contribution in [-0.4, -0.2) is 45.5 Å². The molecule has 2 aromatic carbocycles. The Labute approximate surface area is 221 Å². The van der Waals surface area contributed by atoms with Gasteiger partial charge in [0, 0.05) is 65.3 Å². The van der Waals surface area contributed by atoms with E-state index in [1.165, 1.54) is 0 Å². The third-order valence-corrected chi connectivity index (χ3v) is 6.06. The molecule has 0 atom stereocenters. The van der Waals surface area contributed by atoms with E-state index in [4.69, 9.17) is 14.5 Å². The van der Waals surface area contributed by atoms with Gasteiger partial charge in [0.25, 0.3) is 0 Å². The summed E-state index contributed by atoms with van der Waals surface area (Å²) < 4.78 is 13.0. The molecule has 0 fully saturated rings. The van der Waals surface area contributed by atoms with E-state index in [1.54, 1.807) is 32.8 Å². The zero-order valence-electron chi connectivity index (χ0n) is 21.8. The molecule has 0 saturated heterocycles. The number of pyridine rings is 1. The number of ether oxygens (including phenoxy) is 2. The van der Waals surface area contributed by atoms with Crippen LogP contribution in [-0.2, 0) is 0 Å². The first-order valence-corrected chi connectivity index (χ1v) is 12.2. The van der Waals surface area contributed by atoms with E-state index in [2.05, 4.69) is 45.7 Å². The topological polar surface area (TPSA) is 78.2 Å². The number of nitrogens with zero attached hydrogens (tertiary/aromatic N) is 6. The van der Waals surface area contributed by atoms with Gasteiger partial charge >= 0.3 is 0 Å². The van der Waals surface area contributed by atoms with Crippen molar-refractivity contribution in [2.75, 3.05) is 25.7 Å². The number of benzene rings is 2. The molecule has 5 rings (SSSR count). The summed E-state index contributed by atoms with van der Waals surface area (Å²) in [7, 11) is 3.28. The molecule has 0 spiro atoms. The average molecular weight is 505 g/mol. The fraction of sp³-hybridized carbons (Fsp3) is 0.200. The zero-order chi connectivity index (χ0) is 26.5. The average Bonchev–Trinajstić information content (AvgIpc) is 3.46. The summed E-state index contributed by atoms with van der Waals surface area (Å²) >= 11 is 0. The summed E-state index contributed by atoms with van der Waals surface area (Å²) in [5.74, 6) is 7.89. The number of aromatic nitrogens is 5. The van der Waals surface area contributed by atoms with Crippen molar-refractivity contribution >= 4 is 22.4 Å². The number of hydrogen-bond donors (Lipinski definition) is 0. The van der Waals surface area contributed by atoms with Crippen LogP contribution in [0.15, 0.2) is 79.5 Å². The highest BCUT2D eigenvalue weighted by atomic mass is 16.5. The molecule has 0 aliphatic carbocycles. The van der Waals surface area contributed by atoms with Crippen LogP contribution in [0.2, 0.25) is 0 Å². The first-order valence-electron chi connectivity index (χ1n) is 12.2. The highest BCUT2D eigenvalue weighted by Crippen LogP contribution is 2.34. The van der Waals surface area contributed by atoms with Gasteiger partial charge in [0.1, 0.15) is 11.5 Å². The Morgan fingerprint density at radius 2 is 1.66 bits per heavy atom. The van der Waals surface area contributed by atoms with Crippen LogP contribution >= 0.6 is 0 Å². The maximum atomic E-state index is 5.53. The molecule has 0 aliphatic heterocycles. The lowest BCUT2D eigenvalue weighted by Gasteiger charge is -2.24. The Morgan fingerprint density at radius 1 is 0.895 bits per heavy atom. The molecule has 8 heteroatoms. The van der Waals surface area contributed by atoms with E-state index >= 15 is 0 Å². The van der Waals surface area contributed by atoms with Crippen molar-refractivity contribution in [1.29, 1.82) is 0 Å². The first-order chi connectivity index (χ1) is 18.5. The lowest BCUT2D eigenvalue weighted by molar-refractivity contribution is 0.394.